The van der Waals surface area contributed by atoms with Crippen molar-refractivity contribution >= 4 is 17.5 Å². The van der Waals surface area contributed by atoms with Gasteiger partial charge in [-0.25, -0.2) is 0 Å². The van der Waals surface area contributed by atoms with E-state index in [1.54, 1.807) is 0 Å². The van der Waals surface area contributed by atoms with E-state index in [1.807, 2.05) is 0 Å². The monoisotopic (exact) mass is 160 g/mol. The normalized spacial score (nSPS) is 24.4. The lowest BCUT2D eigenvalue weighted by Gasteiger charge is -2.04. The molecule has 0 spiro atoms. The van der Waals surface area contributed by atoms with Crippen molar-refractivity contribution in [3.63, 3.8) is 0 Å². The van der Waals surface area contributed by atoms with Gasteiger partial charge in [0.2, 0.25) is 5.88 Å². The van der Waals surface area contributed by atoms with Crippen LogP contribution in [0.4, 0.5) is 0 Å². The molecule has 4 nitrogen and oxygen atoms in total. The lowest BCUT2D eigenvalue weighted by molar-refractivity contribution is -0.117. The summed E-state index contributed by atoms with van der Waals surface area (Å²) in [4.78, 5) is 10.6. The van der Waals surface area contributed by atoms with E-state index in [2.05, 4.69) is 15.0 Å². The van der Waals surface area contributed by atoms with Crippen LogP contribution in [0.1, 0.15) is 0 Å². The van der Waals surface area contributed by atoms with E-state index in [0.717, 1.165) is 0 Å². The molecule has 0 aliphatic carbocycles. The molecule has 1 aliphatic rings. The molecule has 54 valence electrons. The average Bonchev–Trinajstić information content (AvgIpc) is 1.95. The standard InChI is InChI=1S/C5H5ClN2O2/c1-10-4-2-3(6)5(9)8-7-4/h2-3H,1H3. The van der Waals surface area contributed by atoms with Crippen LogP contribution in [-0.4, -0.2) is 18.4 Å². The minimum atomic E-state index is -0.729. The first-order valence-electron chi connectivity index (χ1n) is 2.59. The molecule has 0 aromatic rings. The molecule has 0 N–H and O–H groups in total. The molecule has 0 fully saturated rings. The Morgan fingerprint density at radius 3 is 2.90 bits per heavy atom. The largest absolute Gasteiger partial charge is 0.480 e. The first-order chi connectivity index (χ1) is 4.74. The zero-order valence-electron chi connectivity index (χ0n) is 5.24. The lowest BCUT2D eigenvalue weighted by Crippen LogP contribution is -2.12. The Labute approximate surface area is 62.5 Å². The highest BCUT2D eigenvalue weighted by Crippen LogP contribution is 2.12. The fraction of sp³-hybridized carbons (Fsp3) is 0.400. The summed E-state index contributed by atoms with van der Waals surface area (Å²) in [6.45, 7) is 0. The topological polar surface area (TPSA) is 51.0 Å². The maximum Gasteiger partial charge on any atom is 0.286 e. The summed E-state index contributed by atoms with van der Waals surface area (Å²) in [6.07, 6.45) is 1.40. The van der Waals surface area contributed by atoms with Crippen molar-refractivity contribution in [3.05, 3.63) is 12.0 Å². The van der Waals surface area contributed by atoms with Gasteiger partial charge in [0.25, 0.3) is 5.91 Å². The summed E-state index contributed by atoms with van der Waals surface area (Å²) in [6, 6.07) is 0. The number of hydrogen-bond donors (Lipinski definition) is 0. The van der Waals surface area contributed by atoms with Gasteiger partial charge in [0.05, 0.1) is 7.11 Å². The molecule has 1 aliphatic heterocycles. The quantitative estimate of drug-likeness (QED) is 0.539. The van der Waals surface area contributed by atoms with Crippen LogP contribution < -0.4 is 0 Å². The number of ether oxygens (including phenoxy) is 1. The summed E-state index contributed by atoms with van der Waals surface area (Å²) in [5, 5.41) is 5.90. The fourth-order valence-corrected chi connectivity index (χ4v) is 0.644. The molecule has 1 atom stereocenters. The van der Waals surface area contributed by atoms with E-state index in [0.29, 0.717) is 0 Å². The average molecular weight is 161 g/mol. The zero-order chi connectivity index (χ0) is 7.56. The van der Waals surface area contributed by atoms with Crippen molar-refractivity contribution in [1.29, 1.82) is 0 Å². The number of nitrogens with zero attached hydrogens (tertiary/aromatic N) is 2. The number of hydrogen-bond acceptors (Lipinski definition) is 3. The van der Waals surface area contributed by atoms with E-state index >= 15 is 0 Å². The molecule has 0 bridgehead atoms. The molecule has 0 aromatic heterocycles. The van der Waals surface area contributed by atoms with Crippen LogP contribution in [0.5, 0.6) is 0 Å². The Balaban J connectivity index is 2.75. The predicted octanol–water partition coefficient (Wildman–Crippen LogP) is 1.07. The van der Waals surface area contributed by atoms with Crippen molar-refractivity contribution in [2.24, 2.45) is 10.2 Å². The number of rotatable bonds is 1. The number of amides is 1. The Hall–Kier alpha value is -0.900. The molecule has 0 saturated heterocycles. The molecular formula is C5H5ClN2O2. The summed E-state index contributed by atoms with van der Waals surface area (Å²) < 4.78 is 4.67. The highest BCUT2D eigenvalue weighted by Gasteiger charge is 2.17. The summed E-state index contributed by atoms with van der Waals surface area (Å²) in [5.41, 5.74) is 0. The number of alkyl halides is 1. The number of azo groups is 1. The van der Waals surface area contributed by atoms with E-state index in [-0.39, 0.29) is 5.88 Å². The second kappa shape index (κ2) is 2.79. The van der Waals surface area contributed by atoms with Crippen molar-refractivity contribution in [3.8, 4) is 0 Å². The number of carbonyl (C=O) groups excluding carboxylic acids is 1. The first kappa shape index (κ1) is 7.21. The van der Waals surface area contributed by atoms with E-state index < -0.39 is 11.3 Å². The van der Waals surface area contributed by atoms with Crippen LogP contribution in [0.3, 0.4) is 0 Å². The minimum Gasteiger partial charge on any atom is -0.480 e. The molecule has 10 heavy (non-hydrogen) atoms. The second-order valence-corrected chi connectivity index (χ2v) is 2.12. The molecule has 0 radical (unpaired) electrons. The molecule has 1 amide bonds. The Bertz CT molecular complexity index is 212. The summed E-state index contributed by atoms with van der Waals surface area (Å²) in [7, 11) is 1.43. The van der Waals surface area contributed by atoms with Gasteiger partial charge in [-0.2, -0.15) is 0 Å². The van der Waals surface area contributed by atoms with Crippen LogP contribution in [0.15, 0.2) is 22.2 Å². The number of halogens is 1. The van der Waals surface area contributed by atoms with Crippen LogP contribution >= 0.6 is 11.6 Å². The van der Waals surface area contributed by atoms with Crippen LogP contribution in [0.25, 0.3) is 0 Å². The Kier molecular flexibility index (Phi) is 2.01. The van der Waals surface area contributed by atoms with Gasteiger partial charge in [-0.05, 0) is 0 Å². The van der Waals surface area contributed by atoms with Gasteiger partial charge in [-0.3, -0.25) is 4.79 Å². The third-order valence-corrected chi connectivity index (χ3v) is 1.29. The number of carbonyl (C=O) groups is 1. The summed E-state index contributed by atoms with van der Waals surface area (Å²) >= 11 is 5.48. The van der Waals surface area contributed by atoms with Crippen molar-refractivity contribution in [2.75, 3.05) is 7.11 Å². The third-order valence-electron chi connectivity index (χ3n) is 0.981. The first-order valence-corrected chi connectivity index (χ1v) is 3.03. The van der Waals surface area contributed by atoms with Crippen molar-refractivity contribution < 1.29 is 9.53 Å². The van der Waals surface area contributed by atoms with Gasteiger partial charge in [0.15, 0.2) is 0 Å². The van der Waals surface area contributed by atoms with Crippen LogP contribution in [0.2, 0.25) is 0 Å². The molecular weight excluding hydrogens is 156 g/mol. The molecule has 1 heterocycles. The van der Waals surface area contributed by atoms with Gasteiger partial charge in [-0.15, -0.1) is 21.8 Å². The lowest BCUT2D eigenvalue weighted by atomic mass is 10.3. The third kappa shape index (κ3) is 1.33. The minimum absolute atomic E-state index is 0.277. The fourth-order valence-electron chi connectivity index (χ4n) is 0.492. The maximum atomic E-state index is 10.6. The van der Waals surface area contributed by atoms with Gasteiger partial charge in [-0.1, -0.05) is 0 Å². The molecule has 0 saturated carbocycles. The van der Waals surface area contributed by atoms with Gasteiger partial charge in [0.1, 0.15) is 5.38 Å². The zero-order valence-corrected chi connectivity index (χ0v) is 6.00. The Morgan fingerprint density at radius 1 is 1.70 bits per heavy atom. The van der Waals surface area contributed by atoms with Crippen LogP contribution in [-0.2, 0) is 9.53 Å². The van der Waals surface area contributed by atoms with Gasteiger partial charge in [0, 0.05) is 6.08 Å². The molecule has 5 heteroatoms. The highest BCUT2D eigenvalue weighted by molar-refractivity contribution is 6.32. The maximum absolute atomic E-state index is 10.6. The van der Waals surface area contributed by atoms with Crippen molar-refractivity contribution in [1.82, 2.24) is 0 Å². The van der Waals surface area contributed by atoms with Crippen molar-refractivity contribution in [2.45, 2.75) is 5.38 Å². The SMILES string of the molecule is COC1=CC(Cl)C(=O)N=N1. The molecule has 0 aromatic carbocycles. The van der Waals surface area contributed by atoms with Crippen LogP contribution in [0, 0.1) is 0 Å². The Morgan fingerprint density at radius 2 is 2.40 bits per heavy atom. The van der Waals surface area contributed by atoms with E-state index in [1.165, 1.54) is 13.2 Å². The molecule has 1 unspecified atom stereocenters. The molecule has 1 rings (SSSR count). The van der Waals surface area contributed by atoms with E-state index in [9.17, 15) is 4.79 Å². The smallest absolute Gasteiger partial charge is 0.286 e. The number of methoxy groups -OCH3 is 1. The van der Waals surface area contributed by atoms with E-state index in [4.69, 9.17) is 11.6 Å². The van der Waals surface area contributed by atoms with Gasteiger partial charge >= 0.3 is 0 Å². The van der Waals surface area contributed by atoms with Gasteiger partial charge < -0.3 is 4.74 Å². The summed E-state index contributed by atoms with van der Waals surface area (Å²) in [5.74, 6) is -0.179. The highest BCUT2D eigenvalue weighted by atomic mass is 35.5. The second-order valence-electron chi connectivity index (χ2n) is 1.65. The predicted molar refractivity (Wildman–Crippen MR) is 34.6 cm³/mol.